The predicted octanol–water partition coefficient (Wildman–Crippen LogP) is 9.07. The van der Waals surface area contributed by atoms with Crippen molar-refractivity contribution in [1.82, 2.24) is 24.6 Å². The van der Waals surface area contributed by atoms with Crippen molar-refractivity contribution in [1.29, 1.82) is 0 Å². The highest BCUT2D eigenvalue weighted by Crippen LogP contribution is 2.35. The molecular formula is C36H31N5. The molecule has 0 N–H and O–H groups in total. The maximum absolute atomic E-state index is 5.13. The van der Waals surface area contributed by atoms with Gasteiger partial charge in [0.15, 0.2) is 11.5 Å². The number of aromatic nitrogens is 5. The third-order valence-electron chi connectivity index (χ3n) is 7.76. The zero-order valence-electron chi connectivity index (χ0n) is 23.7. The largest absolute Gasteiger partial charge is 0.250 e. The fourth-order valence-electron chi connectivity index (χ4n) is 5.43. The van der Waals surface area contributed by atoms with Gasteiger partial charge in [0.25, 0.3) is 0 Å². The molecular weight excluding hydrogens is 502 g/mol. The van der Waals surface area contributed by atoms with E-state index in [0.29, 0.717) is 17.7 Å². The zero-order chi connectivity index (χ0) is 28.1. The SMILES string of the molecule is CC(C)c1ccc2ccc3c(-c4ccc(-c5nc6c(-c7ccccc7)cccn6n5)cc4)cc(C(C)C)nc3c2n1. The maximum atomic E-state index is 5.13. The molecule has 7 rings (SSSR count). The average Bonchev–Trinajstić information content (AvgIpc) is 3.45. The van der Waals surface area contributed by atoms with Crippen LogP contribution in [0.25, 0.3) is 61.1 Å². The molecule has 3 aromatic carbocycles. The molecule has 200 valence electrons. The molecule has 0 saturated carbocycles. The number of pyridine rings is 3. The van der Waals surface area contributed by atoms with Crippen LogP contribution in [0.1, 0.15) is 50.9 Å². The summed E-state index contributed by atoms with van der Waals surface area (Å²) >= 11 is 0. The summed E-state index contributed by atoms with van der Waals surface area (Å²) in [5.41, 5.74) is 10.4. The van der Waals surface area contributed by atoms with E-state index in [4.69, 9.17) is 20.1 Å². The van der Waals surface area contributed by atoms with Gasteiger partial charge in [0.05, 0.1) is 11.0 Å². The third kappa shape index (κ3) is 4.44. The smallest absolute Gasteiger partial charge is 0.182 e. The Morgan fingerprint density at radius 2 is 1.24 bits per heavy atom. The third-order valence-corrected chi connectivity index (χ3v) is 7.76. The summed E-state index contributed by atoms with van der Waals surface area (Å²) in [5.74, 6) is 1.35. The van der Waals surface area contributed by atoms with E-state index >= 15 is 0 Å². The Labute approximate surface area is 239 Å². The van der Waals surface area contributed by atoms with Crippen molar-refractivity contribution in [2.24, 2.45) is 0 Å². The molecule has 0 unspecified atom stereocenters. The molecule has 0 radical (unpaired) electrons. The topological polar surface area (TPSA) is 56.0 Å². The Hall–Kier alpha value is -4.90. The maximum Gasteiger partial charge on any atom is 0.182 e. The van der Waals surface area contributed by atoms with Crippen molar-refractivity contribution in [2.75, 3.05) is 0 Å². The molecule has 0 amide bonds. The van der Waals surface area contributed by atoms with Crippen LogP contribution in [0.2, 0.25) is 0 Å². The van der Waals surface area contributed by atoms with Gasteiger partial charge >= 0.3 is 0 Å². The standard InChI is InChI=1S/C36H31N5/c1-22(2)31-19-17-26-16-18-29-30(21-32(23(3)4)38-34(29)33(26)37-31)25-12-14-27(15-13-25)35-39-36-28(11-8-20-41(36)40-35)24-9-6-5-7-10-24/h5-23H,1-4H3. The van der Waals surface area contributed by atoms with Gasteiger partial charge in [0.1, 0.15) is 0 Å². The molecule has 0 spiro atoms. The fraction of sp³-hybridized carbons (Fsp3) is 0.167. The summed E-state index contributed by atoms with van der Waals surface area (Å²) < 4.78 is 1.86. The van der Waals surface area contributed by atoms with Crippen LogP contribution < -0.4 is 0 Å². The van der Waals surface area contributed by atoms with Crippen molar-refractivity contribution in [3.05, 3.63) is 115 Å². The molecule has 0 aliphatic heterocycles. The number of rotatable bonds is 5. The molecule has 4 aromatic heterocycles. The normalized spacial score (nSPS) is 11.9. The van der Waals surface area contributed by atoms with Crippen LogP contribution in [0.5, 0.6) is 0 Å². The molecule has 41 heavy (non-hydrogen) atoms. The first kappa shape index (κ1) is 25.1. The fourth-order valence-corrected chi connectivity index (χ4v) is 5.43. The first-order valence-electron chi connectivity index (χ1n) is 14.2. The molecule has 4 heterocycles. The lowest BCUT2D eigenvalue weighted by atomic mass is 9.95. The van der Waals surface area contributed by atoms with E-state index in [1.807, 2.05) is 35.0 Å². The average molecular weight is 534 g/mol. The molecule has 5 nitrogen and oxygen atoms in total. The predicted molar refractivity (Wildman–Crippen MR) is 168 cm³/mol. The summed E-state index contributed by atoms with van der Waals surface area (Å²) in [5, 5.41) is 7.03. The molecule has 0 aliphatic rings. The Morgan fingerprint density at radius 3 is 2.00 bits per heavy atom. The quantitative estimate of drug-likeness (QED) is 0.207. The van der Waals surface area contributed by atoms with Crippen LogP contribution in [0, 0.1) is 0 Å². The van der Waals surface area contributed by atoms with Crippen LogP contribution in [0.4, 0.5) is 0 Å². The van der Waals surface area contributed by atoms with E-state index < -0.39 is 0 Å². The molecule has 0 saturated heterocycles. The minimum Gasteiger partial charge on any atom is -0.250 e. The van der Waals surface area contributed by atoms with Crippen molar-refractivity contribution >= 4 is 27.5 Å². The van der Waals surface area contributed by atoms with Crippen molar-refractivity contribution in [2.45, 2.75) is 39.5 Å². The van der Waals surface area contributed by atoms with Gasteiger partial charge in [-0.3, -0.25) is 9.97 Å². The highest BCUT2D eigenvalue weighted by molar-refractivity contribution is 6.08. The summed E-state index contributed by atoms with van der Waals surface area (Å²) in [6, 6.07) is 33.9. The highest BCUT2D eigenvalue weighted by Gasteiger charge is 2.16. The number of fused-ring (bicyclic) bond motifs is 4. The minimum absolute atomic E-state index is 0.293. The summed E-state index contributed by atoms with van der Waals surface area (Å²) in [4.78, 5) is 15.1. The lowest BCUT2D eigenvalue weighted by Crippen LogP contribution is -1.99. The van der Waals surface area contributed by atoms with Crippen LogP contribution in [0.15, 0.2) is 103 Å². The second-order valence-corrected chi connectivity index (χ2v) is 11.2. The van der Waals surface area contributed by atoms with E-state index in [1.54, 1.807) is 0 Å². The Morgan fingerprint density at radius 1 is 0.561 bits per heavy atom. The van der Waals surface area contributed by atoms with E-state index in [-0.39, 0.29) is 0 Å². The van der Waals surface area contributed by atoms with Crippen molar-refractivity contribution in [3.8, 4) is 33.6 Å². The van der Waals surface area contributed by atoms with Gasteiger partial charge < -0.3 is 0 Å². The van der Waals surface area contributed by atoms with E-state index in [9.17, 15) is 0 Å². The summed E-state index contributed by atoms with van der Waals surface area (Å²) in [7, 11) is 0. The Balaban J connectivity index is 1.34. The number of nitrogens with zero attached hydrogens (tertiary/aromatic N) is 5. The number of benzene rings is 3. The molecule has 7 aromatic rings. The van der Waals surface area contributed by atoms with E-state index in [0.717, 1.165) is 61.1 Å². The van der Waals surface area contributed by atoms with Gasteiger partial charge in [0, 0.05) is 39.5 Å². The molecule has 5 heteroatoms. The summed E-state index contributed by atoms with van der Waals surface area (Å²) in [6.45, 7) is 8.75. The van der Waals surface area contributed by atoms with Crippen LogP contribution in [0.3, 0.4) is 0 Å². The number of hydrogen-bond acceptors (Lipinski definition) is 4. The number of hydrogen-bond donors (Lipinski definition) is 0. The Bertz CT molecular complexity index is 2040. The monoisotopic (exact) mass is 533 g/mol. The van der Waals surface area contributed by atoms with Crippen LogP contribution in [-0.2, 0) is 0 Å². The molecule has 0 bridgehead atoms. The second kappa shape index (κ2) is 9.93. The first-order chi connectivity index (χ1) is 20.0. The lowest BCUT2D eigenvalue weighted by molar-refractivity contribution is 0.826. The van der Waals surface area contributed by atoms with Gasteiger partial charge in [-0.1, -0.05) is 100 Å². The van der Waals surface area contributed by atoms with Gasteiger partial charge in [-0.25, -0.2) is 9.50 Å². The first-order valence-corrected chi connectivity index (χ1v) is 14.2. The van der Waals surface area contributed by atoms with Crippen molar-refractivity contribution in [3.63, 3.8) is 0 Å². The Kier molecular flexibility index (Phi) is 6.08. The van der Waals surface area contributed by atoms with Gasteiger partial charge in [-0.05, 0) is 52.8 Å². The minimum atomic E-state index is 0.293. The van der Waals surface area contributed by atoms with E-state index in [2.05, 4.69) is 100 Å². The molecule has 0 fully saturated rings. The highest BCUT2D eigenvalue weighted by atomic mass is 15.3. The van der Waals surface area contributed by atoms with Gasteiger partial charge in [0.2, 0.25) is 0 Å². The summed E-state index contributed by atoms with van der Waals surface area (Å²) in [6.07, 6.45) is 1.95. The lowest BCUT2D eigenvalue weighted by Gasteiger charge is -2.14. The van der Waals surface area contributed by atoms with Crippen molar-refractivity contribution < 1.29 is 0 Å². The second-order valence-electron chi connectivity index (χ2n) is 11.2. The van der Waals surface area contributed by atoms with E-state index in [1.165, 1.54) is 5.56 Å². The van der Waals surface area contributed by atoms with Crippen LogP contribution in [-0.4, -0.2) is 24.6 Å². The zero-order valence-corrected chi connectivity index (χ0v) is 23.7. The molecule has 0 atom stereocenters. The molecule has 0 aliphatic carbocycles. The van der Waals surface area contributed by atoms with Gasteiger partial charge in [-0.2, -0.15) is 0 Å². The van der Waals surface area contributed by atoms with Crippen LogP contribution >= 0.6 is 0 Å². The van der Waals surface area contributed by atoms with Gasteiger partial charge in [-0.15, -0.1) is 5.10 Å².